The largest absolute Gasteiger partial charge is 0.493 e. The minimum atomic E-state index is -0.537. The Kier molecular flexibility index (Phi) is 9.99. The summed E-state index contributed by atoms with van der Waals surface area (Å²) in [5, 5.41) is 1.13. The van der Waals surface area contributed by atoms with E-state index in [0.29, 0.717) is 30.1 Å². The number of hydrogen-bond donors (Lipinski definition) is 0. The first-order valence-electron chi connectivity index (χ1n) is 13.4. The topological polar surface area (TPSA) is 74.3 Å². The number of carbonyl (C=O) groups excluding carboxylic acids is 2. The molecule has 41 heavy (non-hydrogen) atoms. The molecule has 7 heteroatoms. The van der Waals surface area contributed by atoms with Gasteiger partial charge in [-0.3, -0.25) is 4.79 Å². The van der Waals surface area contributed by atoms with Gasteiger partial charge in [0.2, 0.25) is 5.75 Å². The summed E-state index contributed by atoms with van der Waals surface area (Å²) in [6.45, 7) is 2.24. The molecule has 4 rings (SSSR count). The molecule has 0 radical (unpaired) electrons. The van der Waals surface area contributed by atoms with Crippen molar-refractivity contribution in [3.05, 3.63) is 113 Å². The lowest BCUT2D eigenvalue weighted by atomic mass is 9.97. The lowest BCUT2D eigenvalue weighted by molar-refractivity contribution is -0.177. The maximum atomic E-state index is 13.7. The van der Waals surface area contributed by atoms with Crippen LogP contribution >= 0.6 is 0 Å². The van der Waals surface area contributed by atoms with Crippen LogP contribution in [0.1, 0.15) is 33.5 Å². The Morgan fingerprint density at radius 1 is 0.756 bits per heavy atom. The first-order valence-corrected chi connectivity index (χ1v) is 13.4. The van der Waals surface area contributed by atoms with Gasteiger partial charge in [0.25, 0.3) is 5.91 Å². The molecule has 0 saturated heterocycles. The van der Waals surface area contributed by atoms with Crippen LogP contribution in [0.15, 0.2) is 91.0 Å². The molecular weight excluding hydrogens is 518 g/mol. The summed E-state index contributed by atoms with van der Waals surface area (Å²) >= 11 is 0. The van der Waals surface area contributed by atoms with Gasteiger partial charge in [0, 0.05) is 0 Å². The molecule has 0 fully saturated rings. The number of hydroxylamine groups is 2. The number of carbonyl (C=O) groups is 2. The van der Waals surface area contributed by atoms with Gasteiger partial charge in [0.1, 0.15) is 0 Å². The average Bonchev–Trinajstić information content (AvgIpc) is 3.00. The van der Waals surface area contributed by atoms with Crippen molar-refractivity contribution in [3.63, 3.8) is 0 Å². The van der Waals surface area contributed by atoms with E-state index in [0.717, 1.165) is 32.9 Å². The molecule has 1 amide bonds. The Morgan fingerprint density at radius 3 is 2.02 bits per heavy atom. The number of methoxy groups -OCH3 is 3. The summed E-state index contributed by atoms with van der Waals surface area (Å²) in [5.74, 6) is 0.00464. The third-order valence-electron chi connectivity index (χ3n) is 6.73. The number of rotatable bonds is 11. The van der Waals surface area contributed by atoms with Gasteiger partial charge >= 0.3 is 5.97 Å². The van der Waals surface area contributed by atoms with Gasteiger partial charge in [-0.1, -0.05) is 84.4 Å². The third kappa shape index (κ3) is 7.45. The van der Waals surface area contributed by atoms with Crippen LogP contribution in [0.5, 0.6) is 17.2 Å². The van der Waals surface area contributed by atoms with Crippen molar-refractivity contribution in [1.29, 1.82) is 0 Å². The molecule has 0 aliphatic carbocycles. The van der Waals surface area contributed by atoms with E-state index in [1.54, 1.807) is 12.1 Å². The second-order valence-corrected chi connectivity index (χ2v) is 9.57. The molecule has 0 aliphatic heterocycles. The maximum absolute atomic E-state index is 13.7. The fourth-order valence-corrected chi connectivity index (χ4v) is 4.61. The van der Waals surface area contributed by atoms with Crippen molar-refractivity contribution in [2.45, 2.75) is 26.2 Å². The molecular formula is C34H35NO6. The lowest BCUT2D eigenvalue weighted by Gasteiger charge is -2.23. The third-order valence-corrected chi connectivity index (χ3v) is 6.73. The highest BCUT2D eigenvalue weighted by molar-refractivity contribution is 5.96. The molecule has 212 valence electrons. The Hall–Kier alpha value is -4.78. The summed E-state index contributed by atoms with van der Waals surface area (Å²) in [6, 6.07) is 28.9. The Balaban J connectivity index is 1.57. The van der Waals surface area contributed by atoms with Gasteiger partial charge in [-0.25, -0.2) is 4.79 Å². The fraction of sp³-hybridized carbons (Fsp3) is 0.235. The van der Waals surface area contributed by atoms with Crippen molar-refractivity contribution in [1.82, 2.24) is 5.06 Å². The van der Waals surface area contributed by atoms with Crippen molar-refractivity contribution in [2.24, 2.45) is 0 Å². The van der Waals surface area contributed by atoms with Gasteiger partial charge in [-0.05, 0) is 54.2 Å². The number of aryl methyl sites for hydroxylation is 2. The molecule has 7 nitrogen and oxygen atoms in total. The van der Waals surface area contributed by atoms with Gasteiger partial charge in [-0.15, -0.1) is 0 Å². The predicted molar refractivity (Wildman–Crippen MR) is 158 cm³/mol. The molecule has 0 heterocycles. The number of nitrogens with zero attached hydrogens (tertiary/aromatic N) is 1. The average molecular weight is 554 g/mol. The molecule has 0 spiro atoms. The van der Waals surface area contributed by atoms with Crippen molar-refractivity contribution in [3.8, 4) is 28.4 Å². The minimum absolute atomic E-state index is 0.00176. The molecule has 0 saturated carbocycles. The first-order chi connectivity index (χ1) is 19.9. The number of benzene rings is 4. The summed E-state index contributed by atoms with van der Waals surface area (Å²) in [7, 11) is 4.46. The van der Waals surface area contributed by atoms with Crippen LogP contribution in [0.3, 0.4) is 0 Å². The van der Waals surface area contributed by atoms with E-state index < -0.39 is 11.9 Å². The van der Waals surface area contributed by atoms with Gasteiger partial charge in [-0.2, -0.15) is 5.06 Å². The SMILES string of the molecule is COc1cc(C(=O)N(CCCc2ccccc2)OC(=O)Cc2ccccc2-c2ccc(C)cc2)cc(OC)c1OC. The van der Waals surface area contributed by atoms with Gasteiger partial charge in [0.15, 0.2) is 11.5 Å². The summed E-state index contributed by atoms with van der Waals surface area (Å²) < 4.78 is 16.2. The monoisotopic (exact) mass is 553 g/mol. The second kappa shape index (κ2) is 14.0. The maximum Gasteiger partial charge on any atom is 0.336 e. The van der Waals surface area contributed by atoms with E-state index >= 15 is 0 Å². The van der Waals surface area contributed by atoms with Crippen LogP contribution in [-0.2, 0) is 22.5 Å². The van der Waals surface area contributed by atoms with Crippen LogP contribution in [0, 0.1) is 6.92 Å². The van der Waals surface area contributed by atoms with E-state index in [9.17, 15) is 9.59 Å². The van der Waals surface area contributed by atoms with Crippen LogP contribution in [0.4, 0.5) is 0 Å². The Bertz CT molecular complexity index is 1440. The van der Waals surface area contributed by atoms with E-state index in [2.05, 4.69) is 0 Å². The second-order valence-electron chi connectivity index (χ2n) is 9.57. The smallest absolute Gasteiger partial charge is 0.336 e. The predicted octanol–water partition coefficient (Wildman–Crippen LogP) is 6.46. The minimum Gasteiger partial charge on any atom is -0.493 e. The van der Waals surface area contributed by atoms with Gasteiger partial charge in [0.05, 0.1) is 39.9 Å². The molecule has 0 atom stereocenters. The zero-order chi connectivity index (χ0) is 29.2. The highest BCUT2D eigenvalue weighted by Gasteiger charge is 2.25. The van der Waals surface area contributed by atoms with Crippen LogP contribution in [-0.4, -0.2) is 44.8 Å². The Morgan fingerprint density at radius 2 is 1.39 bits per heavy atom. The number of amides is 1. The molecule has 4 aromatic carbocycles. The lowest BCUT2D eigenvalue weighted by Crippen LogP contribution is -2.35. The molecule has 0 aliphatic rings. The normalized spacial score (nSPS) is 10.5. The molecule has 0 aromatic heterocycles. The van der Waals surface area contributed by atoms with Crippen LogP contribution < -0.4 is 14.2 Å². The highest BCUT2D eigenvalue weighted by atomic mass is 16.7. The number of hydrogen-bond acceptors (Lipinski definition) is 6. The molecule has 4 aromatic rings. The fourth-order valence-electron chi connectivity index (χ4n) is 4.61. The zero-order valence-corrected chi connectivity index (χ0v) is 23.9. The molecule has 0 unspecified atom stereocenters. The summed E-state index contributed by atoms with van der Waals surface area (Å²) in [4.78, 5) is 32.8. The van der Waals surface area contributed by atoms with Crippen molar-refractivity contribution < 1.29 is 28.6 Å². The molecule has 0 N–H and O–H groups in total. The van der Waals surface area contributed by atoms with E-state index in [1.807, 2.05) is 85.8 Å². The van der Waals surface area contributed by atoms with E-state index in [1.165, 1.54) is 21.3 Å². The Labute approximate surface area is 241 Å². The quantitative estimate of drug-likeness (QED) is 0.198. The first kappa shape index (κ1) is 29.2. The van der Waals surface area contributed by atoms with Gasteiger partial charge < -0.3 is 19.0 Å². The van der Waals surface area contributed by atoms with E-state index in [4.69, 9.17) is 19.0 Å². The van der Waals surface area contributed by atoms with Crippen molar-refractivity contribution in [2.75, 3.05) is 27.9 Å². The summed E-state index contributed by atoms with van der Waals surface area (Å²) in [5.41, 5.74) is 5.29. The highest BCUT2D eigenvalue weighted by Crippen LogP contribution is 2.38. The van der Waals surface area contributed by atoms with Crippen LogP contribution in [0.25, 0.3) is 11.1 Å². The molecule has 0 bridgehead atoms. The van der Waals surface area contributed by atoms with Crippen LogP contribution in [0.2, 0.25) is 0 Å². The van der Waals surface area contributed by atoms with Crippen molar-refractivity contribution >= 4 is 11.9 Å². The zero-order valence-electron chi connectivity index (χ0n) is 23.9. The summed E-state index contributed by atoms with van der Waals surface area (Å²) in [6.07, 6.45) is 1.31. The van der Waals surface area contributed by atoms with E-state index in [-0.39, 0.29) is 18.5 Å². The standard InChI is InChI=1S/C34H35NO6/c1-24-16-18-26(19-17-24)29-15-9-8-14-27(29)23-32(36)41-35(20-10-13-25-11-6-5-7-12-25)34(37)28-21-30(38-2)33(40-4)31(22-28)39-3/h5-9,11-12,14-19,21-22H,10,13,20,23H2,1-4H3. The number of ether oxygens (including phenoxy) is 3.